The summed E-state index contributed by atoms with van der Waals surface area (Å²) in [5, 5.41) is 0. The van der Waals surface area contributed by atoms with E-state index in [0.717, 1.165) is 0 Å². The summed E-state index contributed by atoms with van der Waals surface area (Å²) in [4.78, 5) is 0.0971. The lowest BCUT2D eigenvalue weighted by Gasteiger charge is -2.16. The molecule has 1 atom stereocenters. The molecule has 1 rings (SSSR count). The van der Waals surface area contributed by atoms with Crippen LogP contribution in [-0.2, 0) is 10.0 Å². The minimum atomic E-state index is -3.66. The van der Waals surface area contributed by atoms with E-state index in [4.69, 9.17) is 11.2 Å². The molecule has 1 aromatic carbocycles. The van der Waals surface area contributed by atoms with Crippen LogP contribution in [0.15, 0.2) is 27.6 Å². The maximum atomic E-state index is 12.3. The lowest BCUT2D eigenvalue weighted by molar-refractivity contribution is 0.401. The Morgan fingerprint density at radius 3 is 2.74 bits per heavy atom. The average molecular weight is 346 g/mol. The van der Waals surface area contributed by atoms with Gasteiger partial charge < -0.3 is 4.74 Å². The largest absolute Gasteiger partial charge is 0.495 e. The molecular weight excluding hydrogens is 330 g/mol. The van der Waals surface area contributed by atoms with Gasteiger partial charge in [-0.1, -0.05) is 22.9 Å². The van der Waals surface area contributed by atoms with Crippen LogP contribution in [0, 0.1) is 12.3 Å². The van der Waals surface area contributed by atoms with Crippen molar-refractivity contribution in [3.63, 3.8) is 0 Å². The molecule has 104 valence electrons. The highest BCUT2D eigenvalue weighted by Crippen LogP contribution is 2.27. The van der Waals surface area contributed by atoms with Crippen LogP contribution in [0.25, 0.3) is 0 Å². The normalized spacial score (nSPS) is 12.7. The quantitative estimate of drug-likeness (QED) is 0.806. The summed E-state index contributed by atoms with van der Waals surface area (Å²) >= 11 is 3.25. The fourth-order valence-electron chi connectivity index (χ4n) is 1.56. The summed E-state index contributed by atoms with van der Waals surface area (Å²) in [7, 11) is -2.23. The first-order valence-electron chi connectivity index (χ1n) is 5.74. The lowest BCUT2D eigenvalue weighted by Crippen LogP contribution is -2.34. The van der Waals surface area contributed by atoms with Crippen LogP contribution >= 0.6 is 15.9 Å². The van der Waals surface area contributed by atoms with E-state index in [-0.39, 0.29) is 10.9 Å². The molecule has 0 saturated carbocycles. The number of ether oxygens (including phenoxy) is 1. The second kappa shape index (κ2) is 6.94. The topological polar surface area (TPSA) is 55.4 Å². The van der Waals surface area contributed by atoms with Crippen LogP contribution in [0.3, 0.4) is 0 Å². The van der Waals surface area contributed by atoms with Crippen LogP contribution < -0.4 is 9.46 Å². The highest BCUT2D eigenvalue weighted by molar-refractivity contribution is 9.10. The first kappa shape index (κ1) is 16.0. The number of benzene rings is 1. The van der Waals surface area contributed by atoms with Gasteiger partial charge in [0.1, 0.15) is 10.6 Å². The van der Waals surface area contributed by atoms with Gasteiger partial charge in [-0.25, -0.2) is 13.1 Å². The number of nitrogens with one attached hydrogen (secondary N) is 1. The summed E-state index contributed by atoms with van der Waals surface area (Å²) < 4.78 is 33.0. The molecule has 0 aliphatic rings. The van der Waals surface area contributed by atoms with Crippen LogP contribution in [0.5, 0.6) is 5.75 Å². The van der Waals surface area contributed by atoms with Crippen molar-refractivity contribution in [3.05, 3.63) is 22.7 Å². The minimum absolute atomic E-state index is 0.0971. The van der Waals surface area contributed by atoms with Crippen molar-refractivity contribution in [1.82, 2.24) is 4.72 Å². The smallest absolute Gasteiger partial charge is 0.244 e. The Bertz CT molecular complexity index is 578. The molecule has 0 aromatic heterocycles. The molecule has 0 amide bonds. The molecule has 0 bridgehead atoms. The standard InChI is InChI=1S/C13H16BrNO3S/c1-4-6-11(5-2)15-19(16,17)13-9-10(14)7-8-12(13)18-3/h1,7-9,11,15H,5-6H2,2-3H3. The number of methoxy groups -OCH3 is 1. The third-order valence-electron chi connectivity index (χ3n) is 2.59. The Morgan fingerprint density at radius 2 is 2.21 bits per heavy atom. The zero-order valence-corrected chi connectivity index (χ0v) is 13.2. The zero-order chi connectivity index (χ0) is 14.5. The maximum Gasteiger partial charge on any atom is 0.244 e. The van der Waals surface area contributed by atoms with E-state index in [9.17, 15) is 8.42 Å². The van der Waals surface area contributed by atoms with Crippen molar-refractivity contribution in [3.8, 4) is 18.1 Å². The molecule has 1 unspecified atom stereocenters. The second-order valence-corrected chi connectivity index (χ2v) is 6.53. The summed E-state index contributed by atoms with van der Waals surface area (Å²) in [6.45, 7) is 1.88. The Labute approximate surface area is 122 Å². The van der Waals surface area contributed by atoms with Gasteiger partial charge in [-0.3, -0.25) is 0 Å². The van der Waals surface area contributed by atoms with Crippen molar-refractivity contribution < 1.29 is 13.2 Å². The van der Waals surface area contributed by atoms with Gasteiger partial charge in [0.2, 0.25) is 10.0 Å². The van der Waals surface area contributed by atoms with Crippen molar-refractivity contribution in [2.75, 3.05) is 7.11 Å². The summed E-state index contributed by atoms with van der Waals surface area (Å²) in [5.74, 6) is 2.76. The van der Waals surface area contributed by atoms with E-state index in [1.165, 1.54) is 13.2 Å². The number of sulfonamides is 1. The van der Waals surface area contributed by atoms with Crippen molar-refractivity contribution in [2.45, 2.75) is 30.7 Å². The molecule has 19 heavy (non-hydrogen) atoms. The van der Waals surface area contributed by atoms with E-state index in [0.29, 0.717) is 23.1 Å². The molecule has 0 fully saturated rings. The monoisotopic (exact) mass is 345 g/mol. The van der Waals surface area contributed by atoms with Crippen LogP contribution in [0.4, 0.5) is 0 Å². The predicted molar refractivity (Wildman–Crippen MR) is 78.5 cm³/mol. The van der Waals surface area contributed by atoms with Gasteiger partial charge in [0, 0.05) is 16.9 Å². The highest BCUT2D eigenvalue weighted by atomic mass is 79.9. The molecule has 0 saturated heterocycles. The van der Waals surface area contributed by atoms with Crippen molar-refractivity contribution in [1.29, 1.82) is 0 Å². The SMILES string of the molecule is C#CCC(CC)NS(=O)(=O)c1cc(Br)ccc1OC. The van der Waals surface area contributed by atoms with Gasteiger partial charge in [-0.15, -0.1) is 12.3 Å². The van der Waals surface area contributed by atoms with Gasteiger partial charge in [-0.05, 0) is 24.6 Å². The maximum absolute atomic E-state index is 12.3. The Hall–Kier alpha value is -1.03. The number of halogens is 1. The molecule has 1 aromatic rings. The molecular formula is C13H16BrNO3S. The summed E-state index contributed by atoms with van der Waals surface area (Å²) in [5.41, 5.74) is 0. The van der Waals surface area contributed by atoms with Crippen LogP contribution in [0.2, 0.25) is 0 Å². The van der Waals surface area contributed by atoms with Gasteiger partial charge in [-0.2, -0.15) is 0 Å². The molecule has 0 aliphatic heterocycles. The van der Waals surface area contributed by atoms with E-state index in [1.54, 1.807) is 12.1 Å². The first-order valence-corrected chi connectivity index (χ1v) is 8.01. The van der Waals surface area contributed by atoms with E-state index >= 15 is 0 Å². The Balaban J connectivity index is 3.13. The van der Waals surface area contributed by atoms with Gasteiger partial charge in [0.05, 0.1) is 7.11 Å². The van der Waals surface area contributed by atoms with Crippen LogP contribution in [0.1, 0.15) is 19.8 Å². The van der Waals surface area contributed by atoms with Gasteiger partial charge in [0.25, 0.3) is 0 Å². The van der Waals surface area contributed by atoms with Crippen LogP contribution in [-0.4, -0.2) is 21.6 Å². The molecule has 4 nitrogen and oxygen atoms in total. The first-order chi connectivity index (χ1) is 8.94. The number of hydrogen-bond donors (Lipinski definition) is 1. The third kappa shape index (κ3) is 4.23. The number of hydrogen-bond acceptors (Lipinski definition) is 3. The molecule has 6 heteroatoms. The van der Waals surface area contributed by atoms with Crippen molar-refractivity contribution in [2.24, 2.45) is 0 Å². The molecule has 0 aliphatic carbocycles. The average Bonchev–Trinajstić information content (AvgIpc) is 2.38. The minimum Gasteiger partial charge on any atom is -0.495 e. The zero-order valence-electron chi connectivity index (χ0n) is 10.8. The Morgan fingerprint density at radius 1 is 1.53 bits per heavy atom. The predicted octanol–water partition coefficient (Wildman–Crippen LogP) is 2.54. The van der Waals surface area contributed by atoms with Crippen molar-refractivity contribution >= 4 is 26.0 Å². The molecule has 0 heterocycles. The summed E-state index contributed by atoms with van der Waals surface area (Å²) in [6.07, 6.45) is 6.20. The summed E-state index contributed by atoms with van der Waals surface area (Å²) in [6, 6.07) is 4.54. The van der Waals surface area contributed by atoms with Gasteiger partial charge >= 0.3 is 0 Å². The molecule has 0 spiro atoms. The highest BCUT2D eigenvalue weighted by Gasteiger charge is 2.22. The fraction of sp³-hybridized carbons (Fsp3) is 0.385. The van der Waals surface area contributed by atoms with E-state index in [1.807, 2.05) is 6.92 Å². The lowest BCUT2D eigenvalue weighted by atomic mass is 10.2. The fourth-order valence-corrected chi connectivity index (χ4v) is 3.58. The number of terminal acetylenes is 1. The molecule has 0 radical (unpaired) electrons. The van der Waals surface area contributed by atoms with E-state index < -0.39 is 10.0 Å². The van der Waals surface area contributed by atoms with Gasteiger partial charge in [0.15, 0.2) is 0 Å². The van der Waals surface area contributed by atoms with E-state index in [2.05, 4.69) is 26.6 Å². The third-order valence-corrected chi connectivity index (χ3v) is 4.63. The number of rotatable bonds is 6. The molecule has 1 N–H and O–H groups in total. The second-order valence-electron chi connectivity index (χ2n) is 3.93. The Kier molecular flexibility index (Phi) is 5.85.